The van der Waals surface area contributed by atoms with E-state index in [2.05, 4.69) is 5.32 Å². The Morgan fingerprint density at radius 3 is 2.38 bits per heavy atom. The fourth-order valence-electron chi connectivity index (χ4n) is 5.54. The Labute approximate surface area is 199 Å². The quantitative estimate of drug-likeness (QED) is 0.612. The van der Waals surface area contributed by atoms with Gasteiger partial charge < -0.3 is 4.90 Å². The monoisotopic (exact) mass is 478 g/mol. The Kier molecular flexibility index (Phi) is 5.37. The Morgan fingerprint density at radius 2 is 1.71 bits per heavy atom. The number of benzene rings is 3. The number of amides is 1. The maximum Gasteiger partial charge on any atom is 0.242 e. The Morgan fingerprint density at radius 1 is 1.00 bits per heavy atom. The summed E-state index contributed by atoms with van der Waals surface area (Å²) in [7, 11) is -2.05. The predicted molar refractivity (Wildman–Crippen MR) is 129 cm³/mol. The molecule has 2 fully saturated rings. The number of carbonyl (C=O) groups is 1. The number of rotatable bonds is 4. The van der Waals surface area contributed by atoms with Crippen molar-refractivity contribution in [3.05, 3.63) is 90.2 Å². The van der Waals surface area contributed by atoms with Crippen molar-refractivity contribution >= 4 is 15.7 Å². The summed E-state index contributed by atoms with van der Waals surface area (Å²) < 4.78 is 42.4. The van der Waals surface area contributed by atoms with Gasteiger partial charge in [-0.2, -0.15) is 0 Å². The van der Waals surface area contributed by atoms with E-state index >= 15 is 0 Å². The summed E-state index contributed by atoms with van der Waals surface area (Å²) in [6, 6.07) is 22.2. The molecule has 34 heavy (non-hydrogen) atoms. The molecule has 2 aliphatic heterocycles. The minimum atomic E-state index is -3.79. The lowest BCUT2D eigenvalue weighted by atomic mass is 9.87. The molecular weight excluding hydrogens is 451 g/mol. The zero-order valence-electron chi connectivity index (χ0n) is 19.2. The molecule has 2 heterocycles. The van der Waals surface area contributed by atoms with Gasteiger partial charge in [0.05, 0.1) is 15.7 Å². The number of nitrogens with zero attached hydrogens (tertiary/aromatic N) is 1. The molecule has 7 heteroatoms. The third-order valence-electron chi connectivity index (χ3n) is 7.40. The van der Waals surface area contributed by atoms with Gasteiger partial charge in [-0.25, -0.2) is 12.8 Å². The summed E-state index contributed by atoms with van der Waals surface area (Å²) in [6.45, 7) is 2.41. The van der Waals surface area contributed by atoms with Crippen molar-refractivity contribution in [2.75, 3.05) is 13.6 Å². The van der Waals surface area contributed by atoms with Gasteiger partial charge in [0.25, 0.3) is 0 Å². The SMILES string of the molecule is CN1CCC2(CC(S(=O)(=O)c3ccccc3)C(C)(c3cccc(-c4ccccc4F)c3)N2)C1=O. The van der Waals surface area contributed by atoms with Crippen LogP contribution in [0.3, 0.4) is 0 Å². The maximum absolute atomic E-state index is 14.5. The summed E-state index contributed by atoms with van der Waals surface area (Å²) in [5.41, 5.74) is -0.206. The average Bonchev–Trinajstić information content (AvgIpc) is 3.32. The van der Waals surface area contributed by atoms with Crippen molar-refractivity contribution in [3.8, 4) is 11.1 Å². The van der Waals surface area contributed by atoms with Crippen LogP contribution in [0.2, 0.25) is 0 Å². The van der Waals surface area contributed by atoms with E-state index in [1.807, 2.05) is 31.2 Å². The van der Waals surface area contributed by atoms with Gasteiger partial charge in [-0.15, -0.1) is 0 Å². The molecule has 0 aliphatic carbocycles. The highest BCUT2D eigenvalue weighted by Crippen LogP contribution is 2.48. The molecule has 3 atom stereocenters. The van der Waals surface area contributed by atoms with Crippen LogP contribution in [-0.4, -0.2) is 43.6 Å². The van der Waals surface area contributed by atoms with E-state index in [0.29, 0.717) is 29.7 Å². The molecule has 3 aromatic carbocycles. The fourth-order valence-corrected chi connectivity index (χ4v) is 7.73. The summed E-state index contributed by atoms with van der Waals surface area (Å²) in [5, 5.41) is 2.61. The van der Waals surface area contributed by atoms with Crippen molar-refractivity contribution < 1.29 is 17.6 Å². The van der Waals surface area contributed by atoms with Crippen LogP contribution in [-0.2, 0) is 20.2 Å². The van der Waals surface area contributed by atoms with E-state index in [9.17, 15) is 17.6 Å². The maximum atomic E-state index is 14.5. The van der Waals surface area contributed by atoms with Crippen LogP contribution in [0.5, 0.6) is 0 Å². The molecule has 0 radical (unpaired) electrons. The summed E-state index contributed by atoms with van der Waals surface area (Å²) in [4.78, 5) is 15.1. The molecule has 2 aliphatic rings. The second kappa shape index (κ2) is 8.03. The Balaban J connectivity index is 1.66. The number of hydrogen-bond donors (Lipinski definition) is 1. The van der Waals surface area contributed by atoms with Crippen molar-refractivity contribution in [2.24, 2.45) is 0 Å². The molecule has 3 aromatic rings. The highest BCUT2D eigenvalue weighted by Gasteiger charge is 2.62. The molecule has 5 rings (SSSR count). The number of hydrogen-bond acceptors (Lipinski definition) is 4. The van der Waals surface area contributed by atoms with Crippen LogP contribution >= 0.6 is 0 Å². The van der Waals surface area contributed by atoms with Crippen LogP contribution in [0.4, 0.5) is 4.39 Å². The largest absolute Gasteiger partial charge is 0.344 e. The lowest BCUT2D eigenvalue weighted by Crippen LogP contribution is -2.53. The van der Waals surface area contributed by atoms with Crippen molar-refractivity contribution in [2.45, 2.75) is 41.0 Å². The van der Waals surface area contributed by atoms with E-state index < -0.39 is 26.2 Å². The van der Waals surface area contributed by atoms with Gasteiger partial charge in [0.15, 0.2) is 9.84 Å². The molecular formula is C27H27FN2O3S. The molecule has 1 N–H and O–H groups in total. The topological polar surface area (TPSA) is 66.5 Å². The number of sulfone groups is 1. The van der Waals surface area contributed by atoms with Crippen LogP contribution < -0.4 is 5.32 Å². The fraction of sp³-hybridized carbons (Fsp3) is 0.296. The Hall–Kier alpha value is -3.03. The normalized spacial score (nSPS) is 27.0. The van der Waals surface area contributed by atoms with Gasteiger partial charge >= 0.3 is 0 Å². The van der Waals surface area contributed by atoms with Gasteiger partial charge in [0.1, 0.15) is 11.4 Å². The summed E-state index contributed by atoms with van der Waals surface area (Å²) in [5.74, 6) is -0.434. The van der Waals surface area contributed by atoms with E-state index in [1.54, 1.807) is 60.5 Å². The molecule has 0 aromatic heterocycles. The van der Waals surface area contributed by atoms with Crippen molar-refractivity contribution in [1.29, 1.82) is 0 Å². The molecule has 3 unspecified atom stereocenters. The molecule has 176 valence electrons. The number of carbonyl (C=O) groups excluding carboxylic acids is 1. The van der Waals surface area contributed by atoms with E-state index in [-0.39, 0.29) is 23.0 Å². The van der Waals surface area contributed by atoms with Crippen LogP contribution in [0.15, 0.2) is 83.8 Å². The second-order valence-electron chi connectivity index (χ2n) is 9.50. The zero-order valence-corrected chi connectivity index (χ0v) is 20.0. The second-order valence-corrected chi connectivity index (χ2v) is 11.6. The molecule has 2 saturated heterocycles. The first-order valence-electron chi connectivity index (χ1n) is 11.4. The molecule has 1 spiro atoms. The average molecular weight is 479 g/mol. The zero-order chi connectivity index (χ0) is 24.1. The minimum absolute atomic E-state index is 0.0882. The van der Waals surface area contributed by atoms with Gasteiger partial charge in [0.2, 0.25) is 5.91 Å². The number of likely N-dealkylation sites (tertiary alicyclic amines) is 1. The van der Waals surface area contributed by atoms with Crippen LogP contribution in [0, 0.1) is 5.82 Å². The smallest absolute Gasteiger partial charge is 0.242 e. The predicted octanol–water partition coefficient (Wildman–Crippen LogP) is 4.14. The van der Waals surface area contributed by atoms with Crippen LogP contribution in [0.25, 0.3) is 11.1 Å². The third kappa shape index (κ3) is 3.46. The standard InChI is InChI=1S/C27H27FN2O3S/c1-26(20-10-8-9-19(17-20)22-13-6-7-14-23(22)28)24(34(32,33)21-11-4-3-5-12-21)18-27(29-26)15-16-30(2)25(27)31/h3-14,17,24,29H,15-16,18H2,1-2H3. The molecule has 0 saturated carbocycles. The molecule has 5 nitrogen and oxygen atoms in total. The van der Waals surface area contributed by atoms with Crippen molar-refractivity contribution in [1.82, 2.24) is 10.2 Å². The van der Waals surface area contributed by atoms with Gasteiger partial charge in [-0.1, -0.05) is 54.6 Å². The van der Waals surface area contributed by atoms with E-state index in [1.165, 1.54) is 6.07 Å². The first-order chi connectivity index (χ1) is 16.2. The van der Waals surface area contributed by atoms with E-state index in [0.717, 1.165) is 0 Å². The lowest BCUT2D eigenvalue weighted by molar-refractivity contribution is -0.131. The minimum Gasteiger partial charge on any atom is -0.344 e. The number of nitrogens with one attached hydrogen (secondary N) is 1. The highest BCUT2D eigenvalue weighted by atomic mass is 32.2. The number of likely N-dealkylation sites (N-methyl/N-ethyl adjacent to an activating group) is 1. The van der Waals surface area contributed by atoms with Gasteiger partial charge in [0, 0.05) is 19.2 Å². The third-order valence-corrected chi connectivity index (χ3v) is 9.72. The molecule has 1 amide bonds. The first-order valence-corrected chi connectivity index (χ1v) is 12.9. The Bertz CT molecular complexity index is 1360. The summed E-state index contributed by atoms with van der Waals surface area (Å²) in [6.07, 6.45) is 0.708. The molecule has 0 bridgehead atoms. The van der Waals surface area contributed by atoms with Gasteiger partial charge in [-0.3, -0.25) is 10.1 Å². The van der Waals surface area contributed by atoms with Gasteiger partial charge in [-0.05, 0) is 55.2 Å². The highest BCUT2D eigenvalue weighted by molar-refractivity contribution is 7.92. The lowest BCUT2D eigenvalue weighted by Gasteiger charge is -2.34. The van der Waals surface area contributed by atoms with Crippen LogP contribution in [0.1, 0.15) is 25.3 Å². The summed E-state index contributed by atoms with van der Waals surface area (Å²) >= 11 is 0. The number of halogens is 1. The van der Waals surface area contributed by atoms with Crippen molar-refractivity contribution in [3.63, 3.8) is 0 Å². The van der Waals surface area contributed by atoms with E-state index in [4.69, 9.17) is 0 Å². The first kappa shape index (κ1) is 22.7.